The smallest absolute Gasteiger partial charge is 0.323 e. The Bertz CT molecular complexity index is 823. The van der Waals surface area contributed by atoms with Crippen molar-refractivity contribution >= 4 is 29.0 Å². The molecule has 0 fully saturated rings. The first kappa shape index (κ1) is 15.9. The Morgan fingerprint density at radius 3 is 2.08 bits per heavy atom. The molecule has 0 atom stereocenters. The second kappa shape index (κ2) is 7.53. The van der Waals surface area contributed by atoms with Crippen molar-refractivity contribution in [3.05, 3.63) is 83.9 Å². The van der Waals surface area contributed by atoms with E-state index in [1.807, 2.05) is 60.7 Å². The Balaban J connectivity index is 1.65. The molecule has 120 valence electrons. The minimum Gasteiger partial charge on any atom is -0.456 e. The molecular formula is C19H15ClN2O2. The average molecular weight is 339 g/mol. The van der Waals surface area contributed by atoms with Crippen LogP contribution in [-0.2, 0) is 0 Å². The molecule has 4 nitrogen and oxygen atoms in total. The Morgan fingerprint density at radius 2 is 1.42 bits per heavy atom. The van der Waals surface area contributed by atoms with Crippen molar-refractivity contribution in [1.82, 2.24) is 0 Å². The van der Waals surface area contributed by atoms with Gasteiger partial charge in [-0.1, -0.05) is 48.0 Å². The van der Waals surface area contributed by atoms with Crippen LogP contribution >= 0.6 is 11.6 Å². The van der Waals surface area contributed by atoms with Crippen LogP contribution in [0, 0.1) is 0 Å². The Morgan fingerprint density at radius 1 is 0.792 bits per heavy atom. The van der Waals surface area contributed by atoms with Crippen molar-refractivity contribution in [3.8, 4) is 11.5 Å². The standard InChI is InChI=1S/C19H15ClN2O2/c20-17-13-15(22-19(23)21-14-7-3-1-4-8-14)11-12-18(17)24-16-9-5-2-6-10-16/h1-13H,(H2,21,22,23). The highest BCUT2D eigenvalue weighted by atomic mass is 35.5. The zero-order valence-electron chi connectivity index (χ0n) is 12.7. The van der Waals surface area contributed by atoms with E-state index < -0.39 is 0 Å². The zero-order chi connectivity index (χ0) is 16.8. The van der Waals surface area contributed by atoms with E-state index in [-0.39, 0.29) is 6.03 Å². The van der Waals surface area contributed by atoms with Crippen LogP contribution in [0.25, 0.3) is 0 Å². The lowest BCUT2D eigenvalue weighted by molar-refractivity contribution is 0.262. The summed E-state index contributed by atoms with van der Waals surface area (Å²) in [6.45, 7) is 0. The first-order valence-corrected chi connectivity index (χ1v) is 7.74. The number of para-hydroxylation sites is 2. The number of nitrogens with one attached hydrogen (secondary N) is 2. The summed E-state index contributed by atoms with van der Waals surface area (Å²) >= 11 is 6.23. The molecule has 3 aromatic carbocycles. The van der Waals surface area contributed by atoms with Gasteiger partial charge in [0.05, 0.1) is 5.02 Å². The van der Waals surface area contributed by atoms with Crippen molar-refractivity contribution < 1.29 is 9.53 Å². The van der Waals surface area contributed by atoms with Crippen LogP contribution in [0.3, 0.4) is 0 Å². The number of urea groups is 1. The molecule has 0 spiro atoms. The number of carbonyl (C=O) groups is 1. The lowest BCUT2D eigenvalue weighted by atomic mass is 10.3. The summed E-state index contributed by atoms with van der Waals surface area (Å²) in [5.41, 5.74) is 1.29. The van der Waals surface area contributed by atoms with Gasteiger partial charge in [0.25, 0.3) is 0 Å². The summed E-state index contributed by atoms with van der Waals surface area (Å²) in [6, 6.07) is 23.3. The molecule has 0 saturated carbocycles. The van der Waals surface area contributed by atoms with Crippen LogP contribution in [-0.4, -0.2) is 6.03 Å². The van der Waals surface area contributed by atoms with Crippen LogP contribution in [0.4, 0.5) is 16.2 Å². The summed E-state index contributed by atoms with van der Waals surface area (Å²) in [7, 11) is 0. The number of benzene rings is 3. The van der Waals surface area contributed by atoms with Gasteiger partial charge >= 0.3 is 6.03 Å². The van der Waals surface area contributed by atoms with Crippen molar-refractivity contribution in [2.45, 2.75) is 0 Å². The van der Waals surface area contributed by atoms with E-state index in [9.17, 15) is 4.79 Å². The van der Waals surface area contributed by atoms with Crippen LogP contribution < -0.4 is 15.4 Å². The molecule has 3 aromatic rings. The van der Waals surface area contributed by atoms with Crippen molar-refractivity contribution in [2.75, 3.05) is 10.6 Å². The van der Waals surface area contributed by atoms with Gasteiger partial charge in [0.2, 0.25) is 0 Å². The molecule has 3 rings (SSSR count). The van der Waals surface area contributed by atoms with Gasteiger partial charge < -0.3 is 15.4 Å². The number of carbonyl (C=O) groups excluding carboxylic acids is 1. The van der Waals surface area contributed by atoms with Gasteiger partial charge in [-0.2, -0.15) is 0 Å². The summed E-state index contributed by atoms with van der Waals surface area (Å²) in [4.78, 5) is 12.0. The molecule has 0 radical (unpaired) electrons. The lowest BCUT2D eigenvalue weighted by Gasteiger charge is -2.11. The Hall–Kier alpha value is -2.98. The zero-order valence-corrected chi connectivity index (χ0v) is 13.5. The maximum absolute atomic E-state index is 12.0. The highest BCUT2D eigenvalue weighted by molar-refractivity contribution is 6.32. The molecule has 0 aliphatic carbocycles. The van der Waals surface area contributed by atoms with Gasteiger partial charge in [0.15, 0.2) is 0 Å². The van der Waals surface area contributed by atoms with Gasteiger partial charge in [-0.15, -0.1) is 0 Å². The quantitative estimate of drug-likeness (QED) is 0.633. The second-order valence-electron chi connectivity index (χ2n) is 5.01. The lowest BCUT2D eigenvalue weighted by Crippen LogP contribution is -2.19. The molecular weight excluding hydrogens is 324 g/mol. The van der Waals surface area contributed by atoms with Crippen LogP contribution in [0.2, 0.25) is 5.02 Å². The van der Waals surface area contributed by atoms with E-state index in [1.54, 1.807) is 18.2 Å². The number of rotatable bonds is 4. The Labute approximate surface area is 145 Å². The number of halogens is 1. The van der Waals surface area contributed by atoms with Crippen molar-refractivity contribution in [3.63, 3.8) is 0 Å². The molecule has 24 heavy (non-hydrogen) atoms. The predicted molar refractivity (Wildman–Crippen MR) is 97.1 cm³/mol. The normalized spacial score (nSPS) is 10.0. The number of amides is 2. The van der Waals surface area contributed by atoms with E-state index in [0.29, 0.717) is 27.9 Å². The van der Waals surface area contributed by atoms with E-state index in [2.05, 4.69) is 10.6 Å². The molecule has 0 bridgehead atoms. The molecule has 0 aromatic heterocycles. The van der Waals surface area contributed by atoms with Crippen molar-refractivity contribution in [2.24, 2.45) is 0 Å². The maximum Gasteiger partial charge on any atom is 0.323 e. The van der Waals surface area contributed by atoms with E-state index in [4.69, 9.17) is 16.3 Å². The Kier molecular flexibility index (Phi) is 4.99. The highest BCUT2D eigenvalue weighted by Crippen LogP contribution is 2.31. The number of hydrogen-bond donors (Lipinski definition) is 2. The van der Waals surface area contributed by atoms with Gasteiger partial charge in [0, 0.05) is 11.4 Å². The summed E-state index contributed by atoms with van der Waals surface area (Å²) < 4.78 is 5.70. The molecule has 2 N–H and O–H groups in total. The van der Waals surface area contributed by atoms with Gasteiger partial charge in [0.1, 0.15) is 11.5 Å². The van der Waals surface area contributed by atoms with E-state index >= 15 is 0 Å². The summed E-state index contributed by atoms with van der Waals surface area (Å²) in [5.74, 6) is 1.22. The molecule has 5 heteroatoms. The largest absolute Gasteiger partial charge is 0.456 e. The minimum atomic E-state index is -0.339. The third kappa shape index (κ3) is 4.27. The number of hydrogen-bond acceptors (Lipinski definition) is 2. The monoisotopic (exact) mass is 338 g/mol. The predicted octanol–water partition coefficient (Wildman–Crippen LogP) is 5.78. The SMILES string of the molecule is O=C(Nc1ccccc1)Nc1ccc(Oc2ccccc2)c(Cl)c1. The molecule has 0 saturated heterocycles. The summed E-state index contributed by atoms with van der Waals surface area (Å²) in [6.07, 6.45) is 0. The molecule has 0 heterocycles. The average Bonchev–Trinajstić information content (AvgIpc) is 2.59. The summed E-state index contributed by atoms with van der Waals surface area (Å²) in [5, 5.41) is 5.89. The van der Waals surface area contributed by atoms with E-state index in [1.165, 1.54) is 0 Å². The van der Waals surface area contributed by atoms with Gasteiger partial charge in [-0.25, -0.2) is 4.79 Å². The highest BCUT2D eigenvalue weighted by Gasteiger charge is 2.07. The van der Waals surface area contributed by atoms with Crippen molar-refractivity contribution in [1.29, 1.82) is 0 Å². The second-order valence-corrected chi connectivity index (χ2v) is 5.41. The topological polar surface area (TPSA) is 50.4 Å². The minimum absolute atomic E-state index is 0.339. The maximum atomic E-state index is 12.0. The van der Waals surface area contributed by atoms with Crippen LogP contribution in [0.5, 0.6) is 11.5 Å². The fourth-order valence-corrected chi connectivity index (χ4v) is 2.31. The first-order valence-electron chi connectivity index (χ1n) is 7.36. The number of ether oxygens (including phenoxy) is 1. The molecule has 0 aliphatic rings. The van der Waals surface area contributed by atoms with Gasteiger partial charge in [-0.3, -0.25) is 0 Å². The fourth-order valence-electron chi connectivity index (χ4n) is 2.09. The third-order valence-corrected chi connectivity index (χ3v) is 3.49. The number of anilines is 2. The molecule has 2 amide bonds. The van der Waals surface area contributed by atoms with E-state index in [0.717, 1.165) is 0 Å². The first-order chi connectivity index (χ1) is 11.7. The van der Waals surface area contributed by atoms with Crippen LogP contribution in [0.1, 0.15) is 0 Å². The van der Waals surface area contributed by atoms with Crippen LogP contribution in [0.15, 0.2) is 78.9 Å². The molecule has 0 unspecified atom stereocenters. The molecule has 0 aliphatic heterocycles. The fraction of sp³-hybridized carbons (Fsp3) is 0. The van der Waals surface area contributed by atoms with Gasteiger partial charge in [-0.05, 0) is 42.5 Å². The third-order valence-electron chi connectivity index (χ3n) is 3.19.